The van der Waals surface area contributed by atoms with E-state index in [1.165, 1.54) is 43.8 Å². The first kappa shape index (κ1) is 34.9. The van der Waals surface area contributed by atoms with Gasteiger partial charge in [0, 0.05) is 44.2 Å². The van der Waals surface area contributed by atoms with Crippen molar-refractivity contribution in [3.05, 3.63) is 231 Å². The number of anilines is 3. The van der Waals surface area contributed by atoms with Gasteiger partial charge in [-0.3, -0.25) is 0 Å². The molecule has 0 radical (unpaired) electrons. The lowest BCUT2D eigenvalue weighted by molar-refractivity contribution is 0.669. The van der Waals surface area contributed by atoms with E-state index in [0.717, 1.165) is 66.9 Å². The van der Waals surface area contributed by atoms with Gasteiger partial charge in [-0.1, -0.05) is 164 Å². The summed E-state index contributed by atoms with van der Waals surface area (Å²) in [4.78, 5) is 2.44. The Morgan fingerprint density at radius 2 is 0.951 bits per heavy atom. The van der Waals surface area contributed by atoms with E-state index < -0.39 is 0 Å². The quantitative estimate of drug-likeness (QED) is 0.161. The molecule has 0 unspecified atom stereocenters. The molecule has 0 spiro atoms. The molecular weight excluding hydrogens is 741 g/mol. The fraction of sp³-hybridized carbons (Fsp3) is 0. The molecule has 61 heavy (non-hydrogen) atoms. The molecule has 3 heteroatoms. The van der Waals surface area contributed by atoms with Crippen LogP contribution < -0.4 is 4.90 Å². The van der Waals surface area contributed by atoms with Crippen LogP contribution in [0.15, 0.2) is 235 Å². The summed E-state index contributed by atoms with van der Waals surface area (Å²) in [5, 5.41) is 7.14. The maximum atomic E-state index is 6.37. The van der Waals surface area contributed by atoms with E-state index in [1.54, 1.807) is 0 Å². The Kier molecular flexibility index (Phi) is 8.17. The van der Waals surface area contributed by atoms with Crippen LogP contribution >= 0.6 is 0 Å². The first-order valence-electron chi connectivity index (χ1n) is 20.8. The highest BCUT2D eigenvalue weighted by atomic mass is 16.3. The summed E-state index contributed by atoms with van der Waals surface area (Å²) in [6, 6.07) is 83.1. The van der Waals surface area contributed by atoms with Gasteiger partial charge in [0.2, 0.25) is 0 Å². The maximum absolute atomic E-state index is 6.37. The van der Waals surface area contributed by atoms with Crippen molar-refractivity contribution >= 4 is 71.6 Å². The summed E-state index contributed by atoms with van der Waals surface area (Å²) in [6.07, 6.45) is 0. The normalized spacial score (nSPS) is 11.6. The Hall–Kier alpha value is -8.14. The van der Waals surface area contributed by atoms with Gasteiger partial charge >= 0.3 is 0 Å². The second-order valence-electron chi connectivity index (χ2n) is 15.7. The van der Waals surface area contributed by atoms with Crippen molar-refractivity contribution in [2.45, 2.75) is 0 Å². The van der Waals surface area contributed by atoms with Crippen molar-refractivity contribution in [2.75, 3.05) is 4.90 Å². The third-order valence-corrected chi connectivity index (χ3v) is 12.2. The molecule has 0 saturated heterocycles. The van der Waals surface area contributed by atoms with Crippen molar-refractivity contribution in [3.63, 3.8) is 0 Å². The second kappa shape index (κ2) is 14.3. The van der Waals surface area contributed by atoms with Crippen molar-refractivity contribution in [1.29, 1.82) is 0 Å². The molecule has 0 aliphatic carbocycles. The van der Waals surface area contributed by atoms with Crippen LogP contribution in [0.3, 0.4) is 0 Å². The van der Waals surface area contributed by atoms with Gasteiger partial charge in [0.25, 0.3) is 0 Å². The Labute approximate surface area is 353 Å². The number of hydrogen-bond acceptors (Lipinski definition) is 2. The van der Waals surface area contributed by atoms with E-state index in [1.807, 2.05) is 12.1 Å². The number of rotatable bonds is 7. The molecule has 12 rings (SSSR count). The fourth-order valence-corrected chi connectivity index (χ4v) is 9.43. The number of aromatic nitrogens is 1. The summed E-state index contributed by atoms with van der Waals surface area (Å²) in [6.45, 7) is 0. The third-order valence-electron chi connectivity index (χ3n) is 12.2. The molecule has 2 aromatic heterocycles. The van der Waals surface area contributed by atoms with Gasteiger partial charge in [-0.2, -0.15) is 0 Å². The zero-order valence-corrected chi connectivity index (χ0v) is 33.2. The molecule has 12 aromatic rings. The van der Waals surface area contributed by atoms with Crippen molar-refractivity contribution in [1.82, 2.24) is 4.57 Å². The van der Waals surface area contributed by atoms with Crippen molar-refractivity contribution in [3.8, 4) is 39.1 Å². The lowest BCUT2D eigenvalue weighted by Gasteiger charge is -2.29. The number of benzene rings is 10. The predicted molar refractivity (Wildman–Crippen MR) is 257 cm³/mol. The van der Waals surface area contributed by atoms with Gasteiger partial charge in [-0.15, -0.1) is 0 Å². The van der Waals surface area contributed by atoms with Crippen LogP contribution in [0.1, 0.15) is 0 Å². The molecule has 3 nitrogen and oxygen atoms in total. The van der Waals surface area contributed by atoms with Crippen LogP contribution in [0.2, 0.25) is 0 Å². The SMILES string of the molecule is c1ccc(-c2cccc3cccc(-c4ccccc4N(c4cccc(-c5ccc6c(c5)oc5ccccc56)c4)c4ccc5c6ccccc6n(-c6ccccc6)c5c4)c23)cc1. The average Bonchev–Trinajstić information content (AvgIpc) is 3.87. The monoisotopic (exact) mass is 778 g/mol. The summed E-state index contributed by atoms with van der Waals surface area (Å²) < 4.78 is 8.77. The van der Waals surface area contributed by atoms with Gasteiger partial charge in [0.1, 0.15) is 11.2 Å². The van der Waals surface area contributed by atoms with Crippen LogP contribution in [-0.2, 0) is 0 Å². The van der Waals surface area contributed by atoms with Crippen LogP contribution in [0.4, 0.5) is 17.1 Å². The zero-order valence-electron chi connectivity index (χ0n) is 33.2. The van der Waals surface area contributed by atoms with Gasteiger partial charge in [0.05, 0.1) is 16.7 Å². The largest absolute Gasteiger partial charge is 0.456 e. The van der Waals surface area contributed by atoms with Gasteiger partial charge in [-0.25, -0.2) is 0 Å². The highest BCUT2D eigenvalue weighted by molar-refractivity contribution is 6.12. The number of para-hydroxylation sites is 4. The lowest BCUT2D eigenvalue weighted by Crippen LogP contribution is -2.11. The first-order chi connectivity index (χ1) is 30.3. The van der Waals surface area contributed by atoms with Gasteiger partial charge in [-0.05, 0) is 105 Å². The van der Waals surface area contributed by atoms with E-state index in [0.29, 0.717) is 0 Å². The highest BCUT2D eigenvalue weighted by Crippen LogP contribution is 2.47. The minimum atomic E-state index is 0.885. The Morgan fingerprint density at radius 1 is 0.344 bits per heavy atom. The van der Waals surface area contributed by atoms with Gasteiger partial charge in [0.15, 0.2) is 0 Å². The second-order valence-corrected chi connectivity index (χ2v) is 15.7. The molecule has 0 aliphatic heterocycles. The molecule has 286 valence electrons. The average molecular weight is 779 g/mol. The molecular formula is C58H38N2O. The lowest BCUT2D eigenvalue weighted by atomic mass is 9.90. The molecule has 0 atom stereocenters. The van der Waals surface area contributed by atoms with Crippen LogP contribution in [0, 0.1) is 0 Å². The maximum Gasteiger partial charge on any atom is 0.136 e. The Bertz CT molecular complexity index is 3590. The first-order valence-corrected chi connectivity index (χ1v) is 20.8. The van der Waals surface area contributed by atoms with Crippen molar-refractivity contribution in [2.24, 2.45) is 0 Å². The molecule has 0 saturated carbocycles. The van der Waals surface area contributed by atoms with E-state index >= 15 is 0 Å². The standard InChI is InChI=1S/C58H38N2O/c1-3-16-39(17-4-1)46-27-14-18-40-19-15-28-52(58(40)46)48-25-8-10-29-53(48)59(44-23-13-20-41(36-44)42-32-34-51-50-26-9-12-31-56(50)61-57(51)37-42)45-33-35-49-47-24-7-11-30-54(47)60(55(49)38-45)43-21-5-2-6-22-43/h1-38H. The molecule has 0 aliphatic rings. The fourth-order valence-electron chi connectivity index (χ4n) is 9.43. The molecule has 0 bridgehead atoms. The third kappa shape index (κ3) is 5.82. The van der Waals surface area contributed by atoms with E-state index in [2.05, 4.69) is 228 Å². The molecule has 0 N–H and O–H groups in total. The minimum absolute atomic E-state index is 0.885. The topological polar surface area (TPSA) is 21.3 Å². The number of furan rings is 1. The molecule has 10 aromatic carbocycles. The van der Waals surface area contributed by atoms with Crippen LogP contribution in [0.25, 0.3) is 93.6 Å². The molecule has 0 amide bonds. The number of nitrogens with zero attached hydrogens (tertiary/aromatic N) is 2. The zero-order chi connectivity index (χ0) is 40.3. The summed E-state index contributed by atoms with van der Waals surface area (Å²) in [5.74, 6) is 0. The smallest absolute Gasteiger partial charge is 0.136 e. The van der Waals surface area contributed by atoms with E-state index in [4.69, 9.17) is 4.42 Å². The predicted octanol–water partition coefficient (Wildman–Crippen LogP) is 16.3. The minimum Gasteiger partial charge on any atom is -0.456 e. The summed E-state index contributed by atoms with van der Waals surface area (Å²) in [7, 11) is 0. The number of fused-ring (bicyclic) bond motifs is 7. The van der Waals surface area contributed by atoms with E-state index in [9.17, 15) is 0 Å². The highest BCUT2D eigenvalue weighted by Gasteiger charge is 2.22. The summed E-state index contributed by atoms with van der Waals surface area (Å²) >= 11 is 0. The van der Waals surface area contributed by atoms with Crippen molar-refractivity contribution < 1.29 is 4.42 Å². The van der Waals surface area contributed by atoms with E-state index in [-0.39, 0.29) is 0 Å². The van der Waals surface area contributed by atoms with Crippen LogP contribution in [-0.4, -0.2) is 4.57 Å². The Morgan fingerprint density at radius 3 is 1.82 bits per heavy atom. The molecule has 2 heterocycles. The molecule has 0 fully saturated rings. The van der Waals surface area contributed by atoms with Gasteiger partial charge < -0.3 is 13.9 Å². The Balaban J connectivity index is 1.11. The summed E-state index contributed by atoms with van der Waals surface area (Å²) in [5.41, 5.74) is 15.4. The number of hydrogen-bond donors (Lipinski definition) is 0. The van der Waals surface area contributed by atoms with Crippen LogP contribution in [0.5, 0.6) is 0 Å².